The molecule has 2 heterocycles. The molecular weight excluding hydrogens is 473 g/mol. The van der Waals surface area contributed by atoms with Gasteiger partial charge in [0.1, 0.15) is 10.8 Å². The van der Waals surface area contributed by atoms with Crippen LogP contribution in [0.25, 0.3) is 0 Å². The second-order valence-corrected chi connectivity index (χ2v) is 9.42. The van der Waals surface area contributed by atoms with E-state index in [1.807, 2.05) is 0 Å². The van der Waals surface area contributed by atoms with Gasteiger partial charge in [-0.25, -0.2) is 19.2 Å². The van der Waals surface area contributed by atoms with Gasteiger partial charge in [0, 0.05) is 10.6 Å². The Kier molecular flexibility index (Phi) is 7.07. The van der Waals surface area contributed by atoms with Crippen molar-refractivity contribution in [2.24, 2.45) is 0 Å². The van der Waals surface area contributed by atoms with Gasteiger partial charge in [-0.15, -0.1) is 11.3 Å². The summed E-state index contributed by atoms with van der Waals surface area (Å²) in [4.78, 5) is 35.0. The first kappa shape index (κ1) is 22.7. The average Bonchev–Trinajstić information content (AvgIpc) is 3.35. The smallest absolute Gasteiger partial charge is 0.341 e. The van der Waals surface area contributed by atoms with Crippen molar-refractivity contribution in [2.75, 3.05) is 11.9 Å². The third-order valence-corrected chi connectivity index (χ3v) is 7.27. The van der Waals surface area contributed by atoms with Gasteiger partial charge in [0.15, 0.2) is 10.9 Å². The molecule has 0 fully saturated rings. The Bertz CT molecular complexity index is 1190. The molecule has 0 saturated carbocycles. The molecule has 0 radical (unpaired) electrons. The normalized spacial score (nSPS) is 12.5. The minimum Gasteiger partial charge on any atom is -0.462 e. The van der Waals surface area contributed by atoms with E-state index in [0.717, 1.165) is 29.7 Å². The summed E-state index contributed by atoms with van der Waals surface area (Å²) in [6, 6.07) is 6.44. The highest BCUT2D eigenvalue weighted by atomic mass is 35.5. The Hall–Kier alpha value is -2.49. The quantitative estimate of drug-likeness (QED) is 0.265. The van der Waals surface area contributed by atoms with Crippen molar-refractivity contribution in [3.63, 3.8) is 0 Å². The number of esters is 1. The van der Waals surface area contributed by atoms with Crippen LogP contribution in [-0.4, -0.2) is 28.5 Å². The number of carbonyl (C=O) groups excluding carboxylic acids is 2. The number of halogens is 2. The van der Waals surface area contributed by atoms with Crippen molar-refractivity contribution >= 4 is 51.6 Å². The Balaban J connectivity index is 1.55. The maximum absolute atomic E-state index is 13.9. The number of nitrogens with zero attached hydrogens (tertiary/aromatic N) is 2. The van der Waals surface area contributed by atoms with Crippen LogP contribution in [0.5, 0.6) is 0 Å². The number of benzene rings is 1. The Morgan fingerprint density at radius 2 is 2.12 bits per heavy atom. The van der Waals surface area contributed by atoms with Crippen LogP contribution in [0.3, 0.4) is 0 Å². The number of fused-ring (bicyclic) bond motifs is 1. The molecule has 3 aromatic rings. The topological polar surface area (TPSA) is 81.2 Å². The highest BCUT2D eigenvalue weighted by Gasteiger charge is 2.29. The van der Waals surface area contributed by atoms with E-state index in [1.165, 1.54) is 35.4 Å². The molecule has 0 saturated heterocycles. The van der Waals surface area contributed by atoms with E-state index in [0.29, 0.717) is 27.0 Å². The second-order valence-electron chi connectivity index (χ2n) is 6.97. The maximum atomic E-state index is 13.9. The van der Waals surface area contributed by atoms with Crippen molar-refractivity contribution < 1.29 is 18.7 Å². The Morgan fingerprint density at radius 3 is 2.91 bits per heavy atom. The number of ether oxygens (including phenoxy) is 1. The fraction of sp³-hybridized carbons (Fsp3) is 0.273. The highest BCUT2D eigenvalue weighted by molar-refractivity contribution is 7.98. The lowest BCUT2D eigenvalue weighted by molar-refractivity contribution is 0.0527. The van der Waals surface area contributed by atoms with E-state index in [-0.39, 0.29) is 23.1 Å². The molecule has 1 aromatic carbocycles. The lowest BCUT2D eigenvalue weighted by Gasteiger charge is -2.09. The summed E-state index contributed by atoms with van der Waals surface area (Å²) in [5, 5.41) is 3.60. The number of amides is 1. The van der Waals surface area contributed by atoms with E-state index < -0.39 is 11.9 Å². The summed E-state index contributed by atoms with van der Waals surface area (Å²) in [7, 11) is 0. The summed E-state index contributed by atoms with van der Waals surface area (Å²) in [5.74, 6) is -1.00. The number of nitrogens with one attached hydrogen (secondary N) is 1. The largest absolute Gasteiger partial charge is 0.462 e. The summed E-state index contributed by atoms with van der Waals surface area (Å²) in [5.41, 5.74) is 1.85. The number of hydrogen-bond acceptors (Lipinski definition) is 7. The number of aromatic nitrogens is 2. The summed E-state index contributed by atoms with van der Waals surface area (Å²) < 4.78 is 19.1. The molecule has 2 aromatic heterocycles. The van der Waals surface area contributed by atoms with Crippen LogP contribution in [0.4, 0.5) is 9.39 Å². The minimum absolute atomic E-state index is 0.0129. The van der Waals surface area contributed by atoms with Gasteiger partial charge < -0.3 is 10.1 Å². The summed E-state index contributed by atoms with van der Waals surface area (Å²) in [6.45, 7) is 1.99. The summed E-state index contributed by atoms with van der Waals surface area (Å²) >= 11 is 8.76. The molecule has 4 rings (SSSR count). The summed E-state index contributed by atoms with van der Waals surface area (Å²) in [6.07, 6.45) is 3.96. The predicted octanol–water partition coefficient (Wildman–Crippen LogP) is 5.54. The zero-order valence-corrected chi connectivity index (χ0v) is 19.5. The number of rotatable bonds is 7. The van der Waals surface area contributed by atoms with Gasteiger partial charge in [0.05, 0.1) is 23.4 Å². The number of aryl methyl sites for hydroxylation is 1. The Labute approximate surface area is 197 Å². The number of hydrogen-bond donors (Lipinski definition) is 1. The predicted molar refractivity (Wildman–Crippen MR) is 123 cm³/mol. The van der Waals surface area contributed by atoms with Crippen molar-refractivity contribution in [1.82, 2.24) is 9.97 Å². The molecule has 166 valence electrons. The lowest BCUT2D eigenvalue weighted by Crippen LogP contribution is -2.17. The molecule has 1 aliphatic carbocycles. The van der Waals surface area contributed by atoms with Crippen LogP contribution in [-0.2, 0) is 23.3 Å². The number of thiophene rings is 1. The van der Waals surface area contributed by atoms with E-state index in [2.05, 4.69) is 15.3 Å². The molecule has 0 spiro atoms. The molecule has 1 N–H and O–H groups in total. The molecular formula is C22H19ClFN3O3S2. The fourth-order valence-electron chi connectivity index (χ4n) is 3.41. The monoisotopic (exact) mass is 491 g/mol. The molecule has 0 unspecified atom stereocenters. The first-order chi connectivity index (χ1) is 15.5. The molecule has 1 amide bonds. The number of thioether (sulfide) groups is 1. The Morgan fingerprint density at radius 1 is 1.31 bits per heavy atom. The molecule has 1 aliphatic rings. The average molecular weight is 492 g/mol. The minimum atomic E-state index is -0.546. The molecule has 32 heavy (non-hydrogen) atoms. The number of anilines is 1. The maximum Gasteiger partial charge on any atom is 0.341 e. The van der Waals surface area contributed by atoms with E-state index in [1.54, 1.807) is 25.1 Å². The number of carbonyl (C=O) groups is 2. The first-order valence-corrected chi connectivity index (χ1v) is 12.2. The van der Waals surface area contributed by atoms with Gasteiger partial charge in [0.25, 0.3) is 5.91 Å². The second kappa shape index (κ2) is 9.97. The molecule has 6 nitrogen and oxygen atoms in total. The van der Waals surface area contributed by atoms with Gasteiger partial charge in [0.2, 0.25) is 0 Å². The van der Waals surface area contributed by atoms with Crippen molar-refractivity contribution in [3.8, 4) is 0 Å². The van der Waals surface area contributed by atoms with Crippen molar-refractivity contribution in [2.45, 2.75) is 37.1 Å². The molecule has 0 bridgehead atoms. The zero-order chi connectivity index (χ0) is 22.7. The SMILES string of the molecule is CCOC(=O)c1c(NC(=O)c2nc(SCc3ccccc3F)ncc2Cl)sc2c1CCC2. The van der Waals surface area contributed by atoms with E-state index >= 15 is 0 Å². The van der Waals surface area contributed by atoms with Gasteiger partial charge >= 0.3 is 5.97 Å². The van der Waals surface area contributed by atoms with Crippen LogP contribution in [0.15, 0.2) is 35.6 Å². The van der Waals surface area contributed by atoms with Crippen LogP contribution >= 0.6 is 34.7 Å². The third-order valence-electron chi connectivity index (χ3n) is 4.88. The van der Waals surface area contributed by atoms with Crippen LogP contribution in [0.2, 0.25) is 5.02 Å². The van der Waals surface area contributed by atoms with Gasteiger partial charge in [-0.3, -0.25) is 4.79 Å². The van der Waals surface area contributed by atoms with E-state index in [4.69, 9.17) is 16.3 Å². The van der Waals surface area contributed by atoms with Crippen molar-refractivity contribution in [1.29, 1.82) is 0 Å². The van der Waals surface area contributed by atoms with Crippen LogP contribution < -0.4 is 5.32 Å². The molecule has 10 heteroatoms. The third kappa shape index (κ3) is 4.79. The molecule has 0 aliphatic heterocycles. The molecule has 0 atom stereocenters. The van der Waals surface area contributed by atoms with Gasteiger partial charge in [-0.1, -0.05) is 41.6 Å². The standard InChI is InChI=1S/C22H19ClFN3O3S2/c1-2-30-21(29)17-13-7-5-9-16(13)32-20(17)27-19(28)18-14(23)10-25-22(26-18)31-11-12-6-3-4-8-15(12)24/h3-4,6,8,10H,2,5,7,9,11H2,1H3,(H,27,28). The van der Waals surface area contributed by atoms with Gasteiger partial charge in [-0.2, -0.15) is 0 Å². The lowest BCUT2D eigenvalue weighted by atomic mass is 10.1. The van der Waals surface area contributed by atoms with Crippen LogP contribution in [0.1, 0.15) is 50.2 Å². The fourth-order valence-corrected chi connectivity index (χ4v) is 5.66. The van der Waals surface area contributed by atoms with E-state index in [9.17, 15) is 14.0 Å². The zero-order valence-electron chi connectivity index (χ0n) is 17.1. The highest BCUT2D eigenvalue weighted by Crippen LogP contribution is 2.40. The first-order valence-electron chi connectivity index (χ1n) is 9.99. The van der Waals surface area contributed by atoms with Gasteiger partial charge in [-0.05, 0) is 43.4 Å². The van der Waals surface area contributed by atoms with Crippen LogP contribution in [0, 0.1) is 5.82 Å². The van der Waals surface area contributed by atoms with Crippen molar-refractivity contribution in [3.05, 3.63) is 68.6 Å².